The summed E-state index contributed by atoms with van der Waals surface area (Å²) in [4.78, 5) is 14.4. The number of rotatable bonds is 6. The Morgan fingerprint density at radius 1 is 1.18 bits per heavy atom. The predicted octanol–water partition coefficient (Wildman–Crippen LogP) is 5.69. The third-order valence-corrected chi connectivity index (χ3v) is 6.98. The second-order valence-electron chi connectivity index (χ2n) is 10.2. The number of piperidine rings is 1. The van der Waals surface area contributed by atoms with Crippen LogP contribution in [0.3, 0.4) is 0 Å². The van der Waals surface area contributed by atoms with Crippen LogP contribution in [0, 0.1) is 6.92 Å². The minimum Gasteiger partial charge on any atom is -0.492 e. The molecule has 0 atom stereocenters. The van der Waals surface area contributed by atoms with E-state index in [0.717, 1.165) is 60.1 Å². The van der Waals surface area contributed by atoms with Gasteiger partial charge in [0.1, 0.15) is 23.7 Å². The minimum atomic E-state index is -0.428. The Kier molecular flexibility index (Phi) is 6.92. The van der Waals surface area contributed by atoms with Gasteiger partial charge in [0.2, 0.25) is 0 Å². The second kappa shape index (κ2) is 9.55. The van der Waals surface area contributed by atoms with Crippen LogP contribution in [0.15, 0.2) is 36.4 Å². The number of ether oxygens (including phenoxy) is 3. The first kappa shape index (κ1) is 23.9. The highest BCUT2D eigenvalue weighted by molar-refractivity contribution is 6.31. The molecule has 1 spiro atoms. The molecule has 2 aromatic rings. The molecule has 0 N–H and O–H groups in total. The number of hydrogen-bond acceptors (Lipinski definition) is 5. The molecule has 2 aromatic carbocycles. The molecule has 0 amide bonds. The van der Waals surface area contributed by atoms with Crippen LogP contribution in [0.2, 0.25) is 5.02 Å². The molecule has 0 unspecified atom stereocenters. The van der Waals surface area contributed by atoms with Crippen molar-refractivity contribution in [3.8, 4) is 11.5 Å². The number of hydrogen-bond donors (Lipinski definition) is 0. The molecule has 0 radical (unpaired) electrons. The van der Waals surface area contributed by atoms with Crippen LogP contribution in [-0.2, 0) is 21.6 Å². The fourth-order valence-corrected chi connectivity index (χ4v) is 4.99. The van der Waals surface area contributed by atoms with Gasteiger partial charge >= 0.3 is 5.97 Å². The summed E-state index contributed by atoms with van der Waals surface area (Å²) in [7, 11) is 0. The Balaban J connectivity index is 1.33. The number of benzene rings is 2. The molecule has 0 aromatic heterocycles. The zero-order chi connectivity index (χ0) is 23.6. The first-order valence-corrected chi connectivity index (χ1v) is 12.1. The summed E-state index contributed by atoms with van der Waals surface area (Å²) in [6.07, 6.45) is 2.48. The van der Waals surface area contributed by atoms with Crippen molar-refractivity contribution in [3.63, 3.8) is 0 Å². The summed E-state index contributed by atoms with van der Waals surface area (Å²) < 4.78 is 17.6. The third-order valence-electron chi connectivity index (χ3n) is 6.63. The average Bonchev–Trinajstić information content (AvgIpc) is 3.09. The lowest BCUT2D eigenvalue weighted by Gasteiger charge is -2.38. The van der Waals surface area contributed by atoms with Gasteiger partial charge in [0.15, 0.2) is 0 Å². The van der Waals surface area contributed by atoms with Gasteiger partial charge in [0.05, 0.1) is 13.0 Å². The Morgan fingerprint density at radius 2 is 1.94 bits per heavy atom. The molecule has 178 valence electrons. The first-order valence-electron chi connectivity index (χ1n) is 11.7. The SMILES string of the molecule is Cc1cccc(Cl)c1COc1ccc2c(c1)OCC21CCN(CCC(=O)OC(C)(C)C)CC1. The van der Waals surface area contributed by atoms with Gasteiger partial charge in [-0.1, -0.05) is 29.8 Å². The number of fused-ring (bicyclic) bond motifs is 2. The van der Waals surface area contributed by atoms with Gasteiger partial charge in [-0.2, -0.15) is 0 Å². The summed E-state index contributed by atoms with van der Waals surface area (Å²) in [6, 6.07) is 12.1. The number of carbonyl (C=O) groups excluding carboxylic acids is 1. The van der Waals surface area contributed by atoms with Crippen LogP contribution in [-0.4, -0.2) is 42.7 Å². The van der Waals surface area contributed by atoms with Crippen molar-refractivity contribution in [2.75, 3.05) is 26.2 Å². The molecule has 2 aliphatic heterocycles. The van der Waals surface area contributed by atoms with Crippen molar-refractivity contribution in [3.05, 3.63) is 58.1 Å². The lowest BCUT2D eigenvalue weighted by Crippen LogP contribution is -2.44. The summed E-state index contributed by atoms with van der Waals surface area (Å²) in [5, 5.41) is 0.727. The molecule has 4 rings (SSSR count). The van der Waals surface area contributed by atoms with E-state index in [9.17, 15) is 4.79 Å². The van der Waals surface area contributed by atoms with Crippen LogP contribution >= 0.6 is 11.6 Å². The Hall–Kier alpha value is -2.24. The highest BCUT2D eigenvalue weighted by Crippen LogP contribution is 2.46. The highest BCUT2D eigenvalue weighted by atomic mass is 35.5. The molecule has 1 saturated heterocycles. The molecule has 2 heterocycles. The summed E-state index contributed by atoms with van der Waals surface area (Å²) in [5.74, 6) is 1.59. The van der Waals surface area contributed by atoms with Crippen molar-refractivity contribution in [1.29, 1.82) is 0 Å². The fraction of sp³-hybridized carbons (Fsp3) is 0.519. The number of esters is 1. The smallest absolute Gasteiger partial charge is 0.307 e. The first-order chi connectivity index (χ1) is 15.7. The second-order valence-corrected chi connectivity index (χ2v) is 10.6. The van der Waals surface area contributed by atoms with E-state index in [1.165, 1.54) is 5.56 Å². The van der Waals surface area contributed by atoms with E-state index in [0.29, 0.717) is 19.6 Å². The average molecular weight is 472 g/mol. The Morgan fingerprint density at radius 3 is 2.64 bits per heavy atom. The van der Waals surface area contributed by atoms with E-state index < -0.39 is 5.60 Å². The molecule has 0 aliphatic carbocycles. The molecular weight excluding hydrogens is 438 g/mol. The molecule has 0 saturated carbocycles. The standard InChI is InChI=1S/C27H34ClNO4/c1-19-6-5-7-23(28)21(19)17-31-20-8-9-22-24(16-20)32-18-27(22)11-14-29(15-12-27)13-10-25(30)33-26(2,3)4/h5-9,16H,10-15,17-18H2,1-4H3. The third kappa shape index (κ3) is 5.64. The minimum absolute atomic E-state index is 0.0512. The summed E-state index contributed by atoms with van der Waals surface area (Å²) in [5.41, 5.74) is 3.03. The lowest BCUT2D eigenvalue weighted by molar-refractivity contribution is -0.155. The van der Waals surface area contributed by atoms with E-state index in [4.69, 9.17) is 25.8 Å². The monoisotopic (exact) mass is 471 g/mol. The molecule has 6 heteroatoms. The molecular formula is C27H34ClNO4. The van der Waals surface area contributed by atoms with Gasteiger partial charge in [0.25, 0.3) is 0 Å². The maximum Gasteiger partial charge on any atom is 0.307 e. The molecule has 33 heavy (non-hydrogen) atoms. The van der Waals surface area contributed by atoms with Crippen molar-refractivity contribution < 1.29 is 19.0 Å². The van der Waals surface area contributed by atoms with Crippen LogP contribution in [0.5, 0.6) is 11.5 Å². The van der Waals surface area contributed by atoms with Gasteiger partial charge in [0, 0.05) is 34.2 Å². The number of halogens is 1. The largest absolute Gasteiger partial charge is 0.492 e. The molecule has 1 fully saturated rings. The summed E-state index contributed by atoms with van der Waals surface area (Å²) in [6.45, 7) is 11.5. The van der Waals surface area contributed by atoms with E-state index in [2.05, 4.69) is 11.0 Å². The van der Waals surface area contributed by atoms with E-state index >= 15 is 0 Å². The van der Waals surface area contributed by atoms with Gasteiger partial charge in [-0.3, -0.25) is 4.79 Å². The zero-order valence-electron chi connectivity index (χ0n) is 20.1. The fourth-order valence-electron chi connectivity index (χ4n) is 4.71. The number of aryl methyl sites for hydroxylation is 1. The summed E-state index contributed by atoms with van der Waals surface area (Å²) >= 11 is 6.33. The number of carbonyl (C=O) groups is 1. The van der Waals surface area contributed by atoms with Crippen molar-refractivity contribution >= 4 is 17.6 Å². The van der Waals surface area contributed by atoms with Gasteiger partial charge in [-0.15, -0.1) is 0 Å². The van der Waals surface area contributed by atoms with E-state index in [-0.39, 0.29) is 11.4 Å². The Labute approximate surface area is 202 Å². The lowest BCUT2D eigenvalue weighted by atomic mass is 9.74. The maximum atomic E-state index is 12.0. The van der Waals surface area contributed by atoms with Crippen LogP contribution in [0.25, 0.3) is 0 Å². The van der Waals surface area contributed by atoms with Crippen molar-refractivity contribution in [2.45, 2.75) is 64.6 Å². The van der Waals surface area contributed by atoms with E-state index in [1.807, 2.05) is 58.0 Å². The van der Waals surface area contributed by atoms with Crippen LogP contribution in [0.1, 0.15) is 56.7 Å². The normalized spacial score (nSPS) is 17.5. The number of likely N-dealkylation sites (tertiary alicyclic amines) is 1. The zero-order valence-corrected chi connectivity index (χ0v) is 20.8. The van der Waals surface area contributed by atoms with Crippen molar-refractivity contribution in [2.24, 2.45) is 0 Å². The maximum absolute atomic E-state index is 12.0. The van der Waals surface area contributed by atoms with E-state index in [1.54, 1.807) is 0 Å². The van der Waals surface area contributed by atoms with Crippen LogP contribution in [0.4, 0.5) is 0 Å². The van der Waals surface area contributed by atoms with Gasteiger partial charge in [-0.05, 0) is 71.3 Å². The molecule has 5 nitrogen and oxygen atoms in total. The topological polar surface area (TPSA) is 48.0 Å². The quantitative estimate of drug-likeness (QED) is 0.507. The molecule has 0 bridgehead atoms. The highest BCUT2D eigenvalue weighted by Gasteiger charge is 2.43. The molecule has 2 aliphatic rings. The predicted molar refractivity (Wildman–Crippen MR) is 130 cm³/mol. The van der Waals surface area contributed by atoms with Crippen LogP contribution < -0.4 is 9.47 Å². The van der Waals surface area contributed by atoms with Gasteiger partial charge < -0.3 is 19.1 Å². The van der Waals surface area contributed by atoms with Crippen molar-refractivity contribution in [1.82, 2.24) is 4.90 Å². The van der Waals surface area contributed by atoms with Gasteiger partial charge in [-0.25, -0.2) is 0 Å². The number of nitrogens with zero attached hydrogens (tertiary/aromatic N) is 1. The Bertz CT molecular complexity index is 985.